The first-order valence-corrected chi connectivity index (χ1v) is 10.2. The topological polar surface area (TPSA) is 79.5 Å². The lowest BCUT2D eigenvalue weighted by Crippen LogP contribution is -2.22. The summed E-state index contributed by atoms with van der Waals surface area (Å²) >= 11 is 6.20. The van der Waals surface area contributed by atoms with Crippen molar-refractivity contribution in [3.05, 3.63) is 47.5 Å². The van der Waals surface area contributed by atoms with Gasteiger partial charge in [0.2, 0.25) is 11.8 Å². The molecular formula is C22H28ClN3O3. The smallest absolute Gasteiger partial charge is 0.243 e. The third-order valence-corrected chi connectivity index (χ3v) is 4.53. The number of nitrogens with one attached hydrogen (secondary N) is 3. The predicted octanol–water partition coefficient (Wildman–Crippen LogP) is 5.31. The van der Waals surface area contributed by atoms with Crippen molar-refractivity contribution >= 4 is 40.5 Å². The maximum absolute atomic E-state index is 12.3. The van der Waals surface area contributed by atoms with Crippen LogP contribution in [0.2, 0.25) is 5.02 Å². The van der Waals surface area contributed by atoms with Gasteiger partial charge in [0.15, 0.2) is 0 Å². The quantitative estimate of drug-likeness (QED) is 0.489. The van der Waals surface area contributed by atoms with E-state index in [2.05, 4.69) is 22.9 Å². The largest absolute Gasteiger partial charge is 0.491 e. The average molecular weight is 418 g/mol. The fourth-order valence-corrected chi connectivity index (χ4v) is 2.72. The summed E-state index contributed by atoms with van der Waals surface area (Å²) in [5.41, 5.74) is 1.86. The maximum Gasteiger partial charge on any atom is 0.243 e. The van der Waals surface area contributed by atoms with E-state index in [0.29, 0.717) is 34.3 Å². The Morgan fingerprint density at radius 1 is 1.03 bits per heavy atom. The monoisotopic (exact) mass is 417 g/mol. The molecule has 156 valence electrons. The van der Waals surface area contributed by atoms with Crippen molar-refractivity contribution in [3.8, 4) is 5.75 Å². The maximum atomic E-state index is 12.3. The Kier molecular flexibility index (Phi) is 8.80. The Bertz CT molecular complexity index is 842. The highest BCUT2D eigenvalue weighted by atomic mass is 35.5. The first kappa shape index (κ1) is 22.6. The normalized spacial score (nSPS) is 11.4. The number of carbonyl (C=O) groups excluding carboxylic acids is 2. The van der Waals surface area contributed by atoms with Gasteiger partial charge in [0.05, 0.1) is 23.4 Å². The summed E-state index contributed by atoms with van der Waals surface area (Å²) in [6, 6.07) is 12.4. The average Bonchev–Trinajstić information content (AvgIpc) is 2.68. The molecule has 0 fully saturated rings. The predicted molar refractivity (Wildman–Crippen MR) is 119 cm³/mol. The van der Waals surface area contributed by atoms with E-state index in [9.17, 15) is 9.59 Å². The van der Waals surface area contributed by atoms with E-state index in [1.54, 1.807) is 30.3 Å². The van der Waals surface area contributed by atoms with Gasteiger partial charge in [-0.1, -0.05) is 31.5 Å². The summed E-state index contributed by atoms with van der Waals surface area (Å²) in [4.78, 5) is 24.1. The molecule has 2 amide bonds. The molecule has 29 heavy (non-hydrogen) atoms. The number of carbonyl (C=O) groups is 2. The number of amides is 2. The van der Waals surface area contributed by atoms with Crippen molar-refractivity contribution < 1.29 is 14.3 Å². The molecule has 0 saturated heterocycles. The first-order valence-electron chi connectivity index (χ1n) is 9.81. The Morgan fingerprint density at radius 2 is 1.76 bits per heavy atom. The molecule has 0 aliphatic heterocycles. The third kappa shape index (κ3) is 7.66. The first-order chi connectivity index (χ1) is 13.9. The molecule has 0 heterocycles. The molecule has 2 aromatic carbocycles. The van der Waals surface area contributed by atoms with Gasteiger partial charge in [-0.3, -0.25) is 9.59 Å². The lowest BCUT2D eigenvalue weighted by Gasteiger charge is -2.14. The van der Waals surface area contributed by atoms with Crippen molar-refractivity contribution in [2.45, 2.75) is 46.1 Å². The van der Waals surface area contributed by atoms with E-state index < -0.39 is 0 Å². The van der Waals surface area contributed by atoms with Crippen LogP contribution in [0.5, 0.6) is 5.75 Å². The van der Waals surface area contributed by atoms with Gasteiger partial charge in [-0.05, 0) is 50.1 Å². The number of benzene rings is 2. The van der Waals surface area contributed by atoms with Crippen LogP contribution in [0, 0.1) is 0 Å². The zero-order valence-corrected chi connectivity index (χ0v) is 17.8. The molecule has 7 heteroatoms. The highest BCUT2D eigenvalue weighted by Gasteiger charge is 2.09. The van der Waals surface area contributed by atoms with Crippen LogP contribution in [0.15, 0.2) is 42.5 Å². The molecular weight excluding hydrogens is 390 g/mol. The zero-order valence-electron chi connectivity index (χ0n) is 17.0. The Morgan fingerprint density at radius 3 is 2.48 bits per heavy atom. The summed E-state index contributed by atoms with van der Waals surface area (Å²) in [6.07, 6.45) is 2.23. The van der Waals surface area contributed by atoms with E-state index in [-0.39, 0.29) is 24.5 Å². The Balaban J connectivity index is 1.93. The van der Waals surface area contributed by atoms with Crippen LogP contribution >= 0.6 is 11.6 Å². The highest BCUT2D eigenvalue weighted by Crippen LogP contribution is 2.26. The molecule has 0 aromatic heterocycles. The Hall–Kier alpha value is -2.73. The second-order valence-electron chi connectivity index (χ2n) is 6.76. The van der Waals surface area contributed by atoms with Gasteiger partial charge >= 0.3 is 0 Å². The van der Waals surface area contributed by atoms with E-state index in [1.165, 1.54) is 0 Å². The number of anilines is 3. The number of rotatable bonds is 10. The van der Waals surface area contributed by atoms with Crippen LogP contribution in [-0.4, -0.2) is 24.5 Å². The van der Waals surface area contributed by atoms with Crippen molar-refractivity contribution in [2.24, 2.45) is 0 Å². The standard InChI is InChI=1S/C22H28ClN3O3/c1-4-7-21(27)25-17-10-11-19(23)20(13-17)24-14-22(28)26-16-8-6-9-18(12-16)29-15(3)5-2/h6,8-13,15,24H,4-5,7,14H2,1-3H3,(H,25,27)(H,26,28). The molecule has 0 aliphatic carbocycles. The van der Waals surface area contributed by atoms with Crippen LogP contribution < -0.4 is 20.7 Å². The van der Waals surface area contributed by atoms with Crippen molar-refractivity contribution in [1.29, 1.82) is 0 Å². The molecule has 0 bridgehead atoms. The molecule has 1 atom stereocenters. The van der Waals surface area contributed by atoms with E-state index >= 15 is 0 Å². The molecule has 1 unspecified atom stereocenters. The number of halogens is 1. The molecule has 0 saturated carbocycles. The second kappa shape index (κ2) is 11.3. The van der Waals surface area contributed by atoms with E-state index in [0.717, 1.165) is 12.8 Å². The van der Waals surface area contributed by atoms with Crippen molar-refractivity contribution in [2.75, 3.05) is 22.5 Å². The molecule has 2 aromatic rings. The number of hydrogen-bond donors (Lipinski definition) is 3. The van der Waals surface area contributed by atoms with Crippen LogP contribution in [0.4, 0.5) is 17.1 Å². The van der Waals surface area contributed by atoms with Crippen molar-refractivity contribution in [3.63, 3.8) is 0 Å². The lowest BCUT2D eigenvalue weighted by atomic mass is 10.2. The third-order valence-electron chi connectivity index (χ3n) is 4.20. The molecule has 0 radical (unpaired) electrons. The molecule has 0 spiro atoms. The minimum Gasteiger partial charge on any atom is -0.491 e. The summed E-state index contributed by atoms with van der Waals surface area (Å²) in [5.74, 6) is 0.434. The second-order valence-corrected chi connectivity index (χ2v) is 7.17. The fraction of sp³-hybridized carbons (Fsp3) is 0.364. The van der Waals surface area contributed by atoms with Crippen LogP contribution in [0.1, 0.15) is 40.0 Å². The zero-order chi connectivity index (χ0) is 21.2. The number of ether oxygens (including phenoxy) is 1. The summed E-state index contributed by atoms with van der Waals surface area (Å²) in [5, 5.41) is 9.12. The van der Waals surface area contributed by atoms with Crippen LogP contribution in [0.3, 0.4) is 0 Å². The van der Waals surface area contributed by atoms with Gasteiger partial charge in [-0.15, -0.1) is 0 Å². The molecule has 2 rings (SSSR count). The van der Waals surface area contributed by atoms with E-state index in [1.807, 2.05) is 26.0 Å². The minimum absolute atomic E-state index is 0.0303. The highest BCUT2D eigenvalue weighted by molar-refractivity contribution is 6.33. The van der Waals surface area contributed by atoms with Gasteiger partial charge in [-0.25, -0.2) is 0 Å². The lowest BCUT2D eigenvalue weighted by molar-refractivity contribution is -0.116. The van der Waals surface area contributed by atoms with Crippen LogP contribution in [0.25, 0.3) is 0 Å². The van der Waals surface area contributed by atoms with Gasteiger partial charge in [-0.2, -0.15) is 0 Å². The van der Waals surface area contributed by atoms with E-state index in [4.69, 9.17) is 16.3 Å². The SMILES string of the molecule is CCCC(=O)Nc1ccc(Cl)c(NCC(=O)Nc2cccc(OC(C)CC)c2)c1. The molecule has 0 aliphatic rings. The molecule has 6 nitrogen and oxygen atoms in total. The summed E-state index contributed by atoms with van der Waals surface area (Å²) < 4.78 is 5.77. The van der Waals surface area contributed by atoms with Gasteiger partial charge < -0.3 is 20.7 Å². The number of hydrogen-bond acceptors (Lipinski definition) is 4. The van der Waals surface area contributed by atoms with Gasteiger partial charge in [0, 0.05) is 23.9 Å². The minimum atomic E-state index is -0.220. The fourth-order valence-electron chi connectivity index (χ4n) is 2.53. The van der Waals surface area contributed by atoms with Gasteiger partial charge in [0.1, 0.15) is 5.75 Å². The Labute approximate surface area is 177 Å². The van der Waals surface area contributed by atoms with Crippen LogP contribution in [-0.2, 0) is 9.59 Å². The van der Waals surface area contributed by atoms with Gasteiger partial charge in [0.25, 0.3) is 0 Å². The summed E-state index contributed by atoms with van der Waals surface area (Å²) in [6.45, 7) is 6.02. The summed E-state index contributed by atoms with van der Waals surface area (Å²) in [7, 11) is 0. The molecule has 3 N–H and O–H groups in total. The van der Waals surface area contributed by atoms with Crippen molar-refractivity contribution in [1.82, 2.24) is 0 Å².